The first-order valence-electron chi connectivity index (χ1n) is 11.7. The summed E-state index contributed by atoms with van der Waals surface area (Å²) >= 11 is 0. The number of hydrogen-bond donors (Lipinski definition) is 2. The van der Waals surface area contributed by atoms with Crippen molar-refractivity contribution < 1.29 is 19.1 Å². The van der Waals surface area contributed by atoms with Gasteiger partial charge in [0, 0.05) is 17.2 Å². The van der Waals surface area contributed by atoms with Crippen molar-refractivity contribution in [3.63, 3.8) is 0 Å². The molecule has 0 spiro atoms. The fraction of sp³-hybridized carbons (Fsp3) is 0.481. The van der Waals surface area contributed by atoms with E-state index in [-0.39, 0.29) is 29.2 Å². The lowest BCUT2D eigenvalue weighted by molar-refractivity contribution is -0.136. The van der Waals surface area contributed by atoms with Crippen LogP contribution in [0.25, 0.3) is 0 Å². The molecule has 2 aromatic rings. The second-order valence-electron chi connectivity index (χ2n) is 10.5. The van der Waals surface area contributed by atoms with Crippen molar-refractivity contribution in [2.24, 2.45) is 17.8 Å². The standard InChI is InChI=1S/C27H30FNO3/c1-15(2)22-11-17(25(30)21-5-3-4-6-23(21)28)7-8-20(22)26(31)29-24-18-9-16-10-19(24)14-27(32,12-16)13-18/h3-8,11,15-16,18-19,24,32H,9-10,12-14H2,1-2H3,(H,29,31)/t16?,18?,19?,24-,27-. The lowest BCUT2D eigenvalue weighted by atomic mass is 9.52. The topological polar surface area (TPSA) is 66.4 Å². The van der Waals surface area contributed by atoms with Crippen molar-refractivity contribution in [1.29, 1.82) is 0 Å². The van der Waals surface area contributed by atoms with Crippen molar-refractivity contribution in [3.8, 4) is 0 Å². The highest BCUT2D eigenvalue weighted by Crippen LogP contribution is 2.55. The molecule has 0 radical (unpaired) electrons. The molecule has 4 fully saturated rings. The number of rotatable bonds is 5. The van der Waals surface area contributed by atoms with Crippen molar-refractivity contribution in [1.82, 2.24) is 5.32 Å². The average molecular weight is 436 g/mol. The van der Waals surface area contributed by atoms with E-state index in [4.69, 9.17) is 0 Å². The third kappa shape index (κ3) is 3.66. The van der Waals surface area contributed by atoms with E-state index in [2.05, 4.69) is 5.32 Å². The van der Waals surface area contributed by atoms with E-state index < -0.39 is 11.4 Å². The van der Waals surface area contributed by atoms with E-state index in [9.17, 15) is 19.1 Å². The van der Waals surface area contributed by atoms with E-state index in [0.717, 1.165) is 37.7 Å². The maximum absolute atomic E-state index is 14.1. The molecule has 4 nitrogen and oxygen atoms in total. The first-order valence-corrected chi connectivity index (χ1v) is 11.7. The summed E-state index contributed by atoms with van der Waals surface area (Å²) in [6.07, 6.45) is 4.62. The Kier molecular flexibility index (Phi) is 5.20. The van der Waals surface area contributed by atoms with E-state index >= 15 is 0 Å². The fourth-order valence-electron chi connectivity index (χ4n) is 6.64. The highest BCUT2D eigenvalue weighted by Gasteiger charge is 2.55. The lowest BCUT2D eigenvalue weighted by Crippen LogP contribution is -2.61. The highest BCUT2D eigenvalue weighted by atomic mass is 19.1. The zero-order valence-corrected chi connectivity index (χ0v) is 18.6. The quantitative estimate of drug-likeness (QED) is 0.660. The van der Waals surface area contributed by atoms with E-state index in [0.29, 0.717) is 28.9 Å². The molecule has 4 saturated carbocycles. The van der Waals surface area contributed by atoms with Crippen molar-refractivity contribution in [2.45, 2.75) is 63.5 Å². The predicted octanol–water partition coefficient (Wildman–Crippen LogP) is 4.85. The molecule has 2 aromatic carbocycles. The van der Waals surface area contributed by atoms with Crippen molar-refractivity contribution in [3.05, 3.63) is 70.5 Å². The molecule has 2 atom stereocenters. The lowest BCUT2D eigenvalue weighted by Gasteiger charge is -2.58. The van der Waals surface area contributed by atoms with Gasteiger partial charge < -0.3 is 10.4 Å². The number of ketones is 1. The van der Waals surface area contributed by atoms with Gasteiger partial charge in [-0.05, 0) is 85.6 Å². The number of aliphatic hydroxyl groups is 1. The van der Waals surface area contributed by atoms with Gasteiger partial charge in [0.15, 0.2) is 5.78 Å². The van der Waals surface area contributed by atoms with Gasteiger partial charge in [0.1, 0.15) is 5.82 Å². The van der Waals surface area contributed by atoms with Crippen LogP contribution in [0.3, 0.4) is 0 Å². The highest BCUT2D eigenvalue weighted by molar-refractivity contribution is 6.10. The van der Waals surface area contributed by atoms with Gasteiger partial charge in [0.2, 0.25) is 0 Å². The molecular weight excluding hydrogens is 405 g/mol. The molecule has 5 heteroatoms. The van der Waals surface area contributed by atoms with Crippen LogP contribution >= 0.6 is 0 Å². The largest absolute Gasteiger partial charge is 0.390 e. The molecule has 0 aromatic heterocycles. The Hall–Kier alpha value is -2.53. The number of carbonyl (C=O) groups excluding carboxylic acids is 2. The predicted molar refractivity (Wildman–Crippen MR) is 120 cm³/mol. The third-order valence-corrected chi connectivity index (χ3v) is 7.84. The molecule has 168 valence electrons. The van der Waals surface area contributed by atoms with Crippen LogP contribution in [0.4, 0.5) is 4.39 Å². The molecule has 2 N–H and O–H groups in total. The maximum atomic E-state index is 14.1. The molecule has 4 bridgehead atoms. The summed E-state index contributed by atoms with van der Waals surface area (Å²) in [5.74, 6) is 0.228. The Balaban J connectivity index is 1.39. The van der Waals surface area contributed by atoms with Crippen LogP contribution in [0.5, 0.6) is 0 Å². The molecule has 6 rings (SSSR count). The number of carbonyl (C=O) groups is 2. The molecule has 0 heterocycles. The summed E-state index contributed by atoms with van der Waals surface area (Å²) in [6, 6.07) is 11.1. The molecule has 0 aliphatic heterocycles. The summed E-state index contributed by atoms with van der Waals surface area (Å²) in [5, 5.41) is 14.1. The Morgan fingerprint density at radius 1 is 1.03 bits per heavy atom. The second-order valence-corrected chi connectivity index (χ2v) is 10.5. The van der Waals surface area contributed by atoms with Crippen LogP contribution in [0.15, 0.2) is 42.5 Å². The first kappa shape index (κ1) is 21.3. The fourth-order valence-corrected chi connectivity index (χ4v) is 6.64. The smallest absolute Gasteiger partial charge is 0.251 e. The number of hydrogen-bond acceptors (Lipinski definition) is 3. The minimum atomic E-state index is -0.547. The SMILES string of the molecule is CC(C)c1cc(C(=O)c2ccccc2F)ccc1C(=O)N[C@H]1C2CC3CC1C[C@](O)(C3)C2. The van der Waals surface area contributed by atoms with E-state index in [1.54, 1.807) is 30.3 Å². The van der Waals surface area contributed by atoms with E-state index in [1.807, 2.05) is 13.8 Å². The Morgan fingerprint density at radius 3 is 2.34 bits per heavy atom. The zero-order valence-electron chi connectivity index (χ0n) is 18.6. The van der Waals surface area contributed by atoms with Gasteiger partial charge in [-0.1, -0.05) is 32.0 Å². The van der Waals surface area contributed by atoms with Gasteiger partial charge in [0.25, 0.3) is 5.91 Å². The molecule has 4 aliphatic carbocycles. The molecule has 1 amide bonds. The monoisotopic (exact) mass is 435 g/mol. The van der Waals surface area contributed by atoms with Gasteiger partial charge >= 0.3 is 0 Å². The van der Waals surface area contributed by atoms with Gasteiger partial charge in [-0.2, -0.15) is 0 Å². The van der Waals surface area contributed by atoms with Crippen LogP contribution in [0, 0.1) is 23.6 Å². The number of benzene rings is 2. The first-order chi connectivity index (χ1) is 15.2. The minimum Gasteiger partial charge on any atom is -0.390 e. The molecule has 32 heavy (non-hydrogen) atoms. The number of nitrogens with one attached hydrogen (secondary N) is 1. The van der Waals surface area contributed by atoms with Crippen molar-refractivity contribution >= 4 is 11.7 Å². The molecule has 0 saturated heterocycles. The summed E-state index contributed by atoms with van der Waals surface area (Å²) in [4.78, 5) is 26.2. The second kappa shape index (κ2) is 7.80. The van der Waals surface area contributed by atoms with Crippen LogP contribution in [-0.4, -0.2) is 28.4 Å². The summed E-state index contributed by atoms with van der Waals surface area (Å²) in [7, 11) is 0. The Morgan fingerprint density at radius 2 is 1.72 bits per heavy atom. The van der Waals surface area contributed by atoms with Gasteiger partial charge in [-0.25, -0.2) is 4.39 Å². The maximum Gasteiger partial charge on any atom is 0.251 e. The average Bonchev–Trinajstić information content (AvgIpc) is 2.74. The number of halogens is 1. The van der Waals surface area contributed by atoms with Crippen LogP contribution in [-0.2, 0) is 0 Å². The zero-order chi connectivity index (χ0) is 22.6. The molecule has 4 aliphatic rings. The molecular formula is C27H30FNO3. The minimum absolute atomic E-state index is 0.0309. The Labute approximate surface area is 188 Å². The van der Waals surface area contributed by atoms with E-state index in [1.165, 1.54) is 12.1 Å². The summed E-state index contributed by atoms with van der Waals surface area (Å²) in [5.41, 5.74) is 1.23. The van der Waals surface area contributed by atoms with Gasteiger partial charge in [0.05, 0.1) is 11.2 Å². The van der Waals surface area contributed by atoms with Gasteiger partial charge in [-0.3, -0.25) is 9.59 Å². The number of amides is 1. The van der Waals surface area contributed by atoms with Crippen LogP contribution < -0.4 is 5.32 Å². The summed E-state index contributed by atoms with van der Waals surface area (Å²) in [6.45, 7) is 3.98. The third-order valence-electron chi connectivity index (χ3n) is 7.84. The van der Waals surface area contributed by atoms with Crippen molar-refractivity contribution in [2.75, 3.05) is 0 Å². The normalized spacial score (nSPS) is 30.5. The van der Waals surface area contributed by atoms with Crippen LogP contribution in [0.1, 0.15) is 83.7 Å². The van der Waals surface area contributed by atoms with Gasteiger partial charge in [-0.15, -0.1) is 0 Å². The van der Waals surface area contributed by atoms with Crippen LogP contribution in [0.2, 0.25) is 0 Å². The Bertz CT molecular complexity index is 1060. The summed E-state index contributed by atoms with van der Waals surface area (Å²) < 4.78 is 14.1. The molecule has 2 unspecified atom stereocenters.